The smallest absolute Gasteiger partial charge is 0.157 e. The zero-order chi connectivity index (χ0) is 9.52. The fourth-order valence-electron chi connectivity index (χ4n) is 1.85. The van der Waals surface area contributed by atoms with Crippen molar-refractivity contribution in [3.63, 3.8) is 0 Å². The molecule has 0 aromatic rings. The summed E-state index contributed by atoms with van der Waals surface area (Å²) in [5.41, 5.74) is 0.339. The van der Waals surface area contributed by atoms with E-state index in [1.807, 2.05) is 0 Å². The summed E-state index contributed by atoms with van der Waals surface area (Å²) in [5, 5.41) is 0.461. The molecule has 0 spiro atoms. The zero-order valence-corrected chi connectivity index (χ0v) is 10.8. The molecule has 70 valence electrons. The SMILES string of the molecule is C[C@@H]1[C@H](C(Br)C(=O)CBr)C1(C)C. The summed E-state index contributed by atoms with van der Waals surface area (Å²) in [6, 6.07) is 0. The summed E-state index contributed by atoms with van der Waals surface area (Å²) < 4.78 is 0. The Morgan fingerprint density at radius 1 is 1.58 bits per heavy atom. The Bertz CT molecular complexity index is 201. The standard InChI is InChI=1S/C9H14Br2O/c1-5-7(9(5,2)3)8(11)6(12)4-10/h5,7-8H,4H2,1-3H3/t5-,7-,8?/m1/s1. The number of rotatable bonds is 3. The van der Waals surface area contributed by atoms with Crippen molar-refractivity contribution in [2.75, 3.05) is 5.33 Å². The second kappa shape index (κ2) is 3.41. The highest BCUT2D eigenvalue weighted by atomic mass is 79.9. The predicted octanol–water partition coefficient (Wildman–Crippen LogP) is 3.01. The summed E-state index contributed by atoms with van der Waals surface area (Å²) >= 11 is 6.66. The number of ketones is 1. The summed E-state index contributed by atoms with van der Waals surface area (Å²) in [6.45, 7) is 6.65. The monoisotopic (exact) mass is 296 g/mol. The van der Waals surface area contributed by atoms with Gasteiger partial charge in [0.15, 0.2) is 5.78 Å². The normalized spacial score (nSPS) is 34.4. The lowest BCUT2D eigenvalue weighted by atomic mass is 10.1. The Balaban J connectivity index is 2.58. The predicted molar refractivity (Wildman–Crippen MR) is 58.0 cm³/mol. The summed E-state index contributed by atoms with van der Waals surface area (Å²) in [6.07, 6.45) is 0. The second-order valence-electron chi connectivity index (χ2n) is 4.14. The summed E-state index contributed by atoms with van der Waals surface area (Å²) in [7, 11) is 0. The zero-order valence-electron chi connectivity index (χ0n) is 7.60. The lowest BCUT2D eigenvalue weighted by Crippen LogP contribution is -2.19. The molecule has 12 heavy (non-hydrogen) atoms. The van der Waals surface area contributed by atoms with Gasteiger partial charge in [-0.2, -0.15) is 0 Å². The van der Waals surface area contributed by atoms with Crippen LogP contribution < -0.4 is 0 Å². The quantitative estimate of drug-likeness (QED) is 0.732. The fraction of sp³-hybridized carbons (Fsp3) is 0.889. The first-order valence-electron chi connectivity index (χ1n) is 4.15. The summed E-state index contributed by atoms with van der Waals surface area (Å²) in [4.78, 5) is 11.4. The number of halogens is 2. The van der Waals surface area contributed by atoms with E-state index < -0.39 is 0 Å². The molecular weight excluding hydrogens is 284 g/mol. The maximum absolute atomic E-state index is 11.3. The Morgan fingerprint density at radius 3 is 2.25 bits per heavy atom. The lowest BCUT2D eigenvalue weighted by molar-refractivity contribution is -0.116. The van der Waals surface area contributed by atoms with Gasteiger partial charge in [0.05, 0.1) is 10.2 Å². The Hall–Kier alpha value is 0.630. The molecule has 0 aliphatic heterocycles. The first-order valence-corrected chi connectivity index (χ1v) is 6.19. The minimum atomic E-state index is 0.0434. The molecule has 1 aliphatic carbocycles. The number of Topliss-reactive ketones (excluding diaryl/α,β-unsaturated/α-hetero) is 1. The van der Waals surface area contributed by atoms with Gasteiger partial charge in [-0.15, -0.1) is 0 Å². The van der Waals surface area contributed by atoms with Crippen LogP contribution in [0.1, 0.15) is 20.8 Å². The highest BCUT2D eigenvalue weighted by Crippen LogP contribution is 2.61. The Labute approximate surface area is 90.5 Å². The summed E-state index contributed by atoms with van der Waals surface area (Å²) in [5.74, 6) is 1.44. The molecule has 0 bridgehead atoms. The van der Waals surface area contributed by atoms with Crippen LogP contribution in [0, 0.1) is 17.3 Å². The molecule has 0 radical (unpaired) electrons. The molecule has 0 amide bonds. The number of alkyl halides is 2. The van der Waals surface area contributed by atoms with Gasteiger partial charge in [-0.1, -0.05) is 52.6 Å². The molecule has 1 unspecified atom stereocenters. The number of carbonyl (C=O) groups is 1. The van der Waals surface area contributed by atoms with Crippen molar-refractivity contribution in [2.24, 2.45) is 17.3 Å². The number of hydrogen-bond acceptors (Lipinski definition) is 1. The van der Waals surface area contributed by atoms with Crippen molar-refractivity contribution >= 4 is 37.6 Å². The van der Waals surface area contributed by atoms with Gasteiger partial charge >= 0.3 is 0 Å². The van der Waals surface area contributed by atoms with Crippen molar-refractivity contribution in [3.05, 3.63) is 0 Å². The van der Waals surface area contributed by atoms with Crippen LogP contribution in [0.4, 0.5) is 0 Å². The van der Waals surface area contributed by atoms with Crippen LogP contribution in [-0.4, -0.2) is 15.9 Å². The van der Waals surface area contributed by atoms with E-state index in [1.165, 1.54) is 0 Å². The first-order chi connectivity index (χ1) is 5.42. The average Bonchev–Trinajstić information content (AvgIpc) is 2.49. The van der Waals surface area contributed by atoms with Crippen LogP contribution in [-0.2, 0) is 4.79 Å². The molecular formula is C9H14Br2O. The van der Waals surface area contributed by atoms with Crippen molar-refractivity contribution in [1.82, 2.24) is 0 Å². The van der Waals surface area contributed by atoms with Gasteiger partial charge in [0.1, 0.15) is 0 Å². The van der Waals surface area contributed by atoms with E-state index >= 15 is 0 Å². The van der Waals surface area contributed by atoms with Crippen molar-refractivity contribution in [3.8, 4) is 0 Å². The van der Waals surface area contributed by atoms with E-state index in [2.05, 4.69) is 52.6 Å². The molecule has 0 aromatic carbocycles. The maximum Gasteiger partial charge on any atom is 0.157 e. The molecule has 1 aliphatic rings. The third-order valence-corrected chi connectivity index (χ3v) is 4.85. The van der Waals surface area contributed by atoms with Crippen molar-refractivity contribution in [1.29, 1.82) is 0 Å². The molecule has 0 heterocycles. The van der Waals surface area contributed by atoms with E-state index in [9.17, 15) is 4.79 Å². The Kier molecular flexibility index (Phi) is 3.04. The van der Waals surface area contributed by atoms with Gasteiger partial charge < -0.3 is 0 Å². The minimum Gasteiger partial charge on any atom is -0.297 e. The van der Waals surface area contributed by atoms with Crippen molar-refractivity contribution in [2.45, 2.75) is 25.6 Å². The van der Waals surface area contributed by atoms with Crippen LogP contribution in [0.2, 0.25) is 0 Å². The number of carbonyl (C=O) groups excluding carboxylic acids is 1. The van der Waals surface area contributed by atoms with E-state index in [4.69, 9.17) is 0 Å². The lowest BCUT2D eigenvalue weighted by Gasteiger charge is -2.07. The third-order valence-electron chi connectivity index (χ3n) is 3.22. The highest BCUT2D eigenvalue weighted by molar-refractivity contribution is 9.10. The van der Waals surface area contributed by atoms with Gasteiger partial charge in [-0.05, 0) is 17.3 Å². The molecule has 1 fully saturated rings. The van der Waals surface area contributed by atoms with Crippen LogP contribution in [0.5, 0.6) is 0 Å². The molecule has 0 aromatic heterocycles. The van der Waals surface area contributed by atoms with Crippen LogP contribution in [0.25, 0.3) is 0 Å². The van der Waals surface area contributed by atoms with Gasteiger partial charge in [0, 0.05) is 0 Å². The van der Waals surface area contributed by atoms with E-state index in [0.29, 0.717) is 22.6 Å². The molecule has 1 nitrogen and oxygen atoms in total. The van der Waals surface area contributed by atoms with Crippen LogP contribution >= 0.6 is 31.9 Å². The van der Waals surface area contributed by atoms with Gasteiger partial charge in [-0.25, -0.2) is 0 Å². The third kappa shape index (κ3) is 1.63. The van der Waals surface area contributed by atoms with Crippen LogP contribution in [0.15, 0.2) is 0 Å². The maximum atomic E-state index is 11.3. The molecule has 1 rings (SSSR count). The minimum absolute atomic E-state index is 0.0434. The fourth-order valence-corrected chi connectivity index (χ4v) is 3.93. The second-order valence-corrected chi connectivity index (χ2v) is 5.68. The molecule has 1 saturated carbocycles. The van der Waals surface area contributed by atoms with Crippen LogP contribution in [0.3, 0.4) is 0 Å². The van der Waals surface area contributed by atoms with Gasteiger partial charge in [0.25, 0.3) is 0 Å². The molecule has 0 saturated heterocycles. The average molecular weight is 298 g/mol. The molecule has 0 N–H and O–H groups in total. The largest absolute Gasteiger partial charge is 0.297 e. The molecule has 3 atom stereocenters. The topological polar surface area (TPSA) is 17.1 Å². The Morgan fingerprint density at radius 2 is 2.00 bits per heavy atom. The van der Waals surface area contributed by atoms with Crippen molar-refractivity contribution < 1.29 is 4.79 Å². The van der Waals surface area contributed by atoms with E-state index in [1.54, 1.807) is 0 Å². The van der Waals surface area contributed by atoms with E-state index in [-0.39, 0.29) is 10.6 Å². The first kappa shape index (κ1) is 10.7. The number of hydrogen-bond donors (Lipinski definition) is 0. The van der Waals surface area contributed by atoms with Gasteiger partial charge in [-0.3, -0.25) is 4.79 Å². The molecule has 3 heteroatoms. The van der Waals surface area contributed by atoms with Gasteiger partial charge in [0.2, 0.25) is 0 Å². The highest BCUT2D eigenvalue weighted by Gasteiger charge is 2.58. The van der Waals surface area contributed by atoms with E-state index in [0.717, 1.165) is 0 Å².